The van der Waals surface area contributed by atoms with Crippen LogP contribution in [0.5, 0.6) is 0 Å². The minimum atomic E-state index is -6.02. The monoisotopic (exact) mass is 490 g/mol. The highest BCUT2D eigenvalue weighted by Crippen LogP contribution is 2.59. The van der Waals surface area contributed by atoms with Crippen molar-refractivity contribution in [3.8, 4) is 0 Å². The summed E-state index contributed by atoms with van der Waals surface area (Å²) in [6.45, 7) is -1.40. The summed E-state index contributed by atoms with van der Waals surface area (Å²) < 4.78 is 94.1. The van der Waals surface area contributed by atoms with Crippen LogP contribution in [-0.2, 0) is 15.8 Å². The third-order valence-electron chi connectivity index (χ3n) is 3.58. The highest BCUT2D eigenvalue weighted by atomic mass is 35.5. The topological polar surface area (TPSA) is 110 Å². The second kappa shape index (κ2) is 8.16. The van der Waals surface area contributed by atoms with Crippen LogP contribution in [0, 0.1) is 0 Å². The molecule has 2 aromatic heterocycles. The molecule has 0 aliphatic rings. The van der Waals surface area contributed by atoms with E-state index in [4.69, 9.17) is 23.2 Å². The maximum Gasteiger partial charge on any atom is 0.392 e. The number of hydrogen-bond donors (Lipinski definition) is 2. The van der Waals surface area contributed by atoms with Crippen LogP contribution in [0.4, 0.5) is 26.3 Å². The third-order valence-corrected chi connectivity index (χ3v) is 5.52. The van der Waals surface area contributed by atoms with E-state index in [9.17, 15) is 40.7 Å². The summed E-state index contributed by atoms with van der Waals surface area (Å²) in [4.78, 5) is 29.7. The Morgan fingerprint density at radius 2 is 1.62 bits per heavy atom. The van der Waals surface area contributed by atoms with E-state index in [1.807, 2.05) is 0 Å². The van der Waals surface area contributed by atoms with Crippen molar-refractivity contribution in [3.63, 3.8) is 0 Å². The molecule has 2 heterocycles. The van der Waals surface area contributed by atoms with Crippen LogP contribution in [0.25, 0.3) is 11.2 Å². The Hall–Kier alpha value is -1.18. The minimum Gasteiger partial charge on any atom is -0.360 e. The van der Waals surface area contributed by atoms with Gasteiger partial charge in [-0.2, -0.15) is 31.3 Å². The van der Waals surface area contributed by atoms with E-state index >= 15 is 0 Å². The van der Waals surface area contributed by atoms with Gasteiger partial charge in [0.05, 0.1) is 25.8 Å². The van der Waals surface area contributed by atoms with Gasteiger partial charge in [-0.3, -0.25) is 4.57 Å². The molecule has 0 bridgehead atoms. The fraction of sp³-hybridized carbons (Fsp3) is 0.583. The van der Waals surface area contributed by atoms with Crippen LogP contribution in [0.2, 0.25) is 10.4 Å². The summed E-state index contributed by atoms with van der Waals surface area (Å²) in [6.07, 6.45) is -14.6. The second-order valence-electron chi connectivity index (χ2n) is 5.82. The Morgan fingerprint density at radius 1 is 1.07 bits per heavy atom. The quantitative estimate of drug-likeness (QED) is 0.262. The SMILES string of the molecule is O=P(O)(O)C(CC(F)(F)F)(CC(F)(F)F)OCCn1cnc2c(Cl)nc(Cl)nc21. The van der Waals surface area contributed by atoms with Crippen LogP contribution in [0.15, 0.2) is 6.33 Å². The molecule has 0 amide bonds. The van der Waals surface area contributed by atoms with Gasteiger partial charge in [0.25, 0.3) is 0 Å². The molecular weight excluding hydrogens is 480 g/mol. The zero-order valence-electron chi connectivity index (χ0n) is 13.9. The van der Waals surface area contributed by atoms with E-state index in [1.54, 1.807) is 0 Å². The van der Waals surface area contributed by atoms with Gasteiger partial charge in [0.2, 0.25) is 5.28 Å². The van der Waals surface area contributed by atoms with Gasteiger partial charge in [-0.25, -0.2) is 9.97 Å². The average molecular weight is 491 g/mol. The summed E-state index contributed by atoms with van der Waals surface area (Å²) in [5.41, 5.74) is 0.0370. The Kier molecular flexibility index (Phi) is 6.78. The minimum absolute atomic E-state index is 0.00739. The van der Waals surface area contributed by atoms with Crippen molar-refractivity contribution in [2.45, 2.75) is 37.1 Å². The first-order valence-corrected chi connectivity index (χ1v) is 9.77. The first kappa shape index (κ1) is 24.1. The van der Waals surface area contributed by atoms with E-state index in [-0.39, 0.29) is 21.6 Å². The zero-order valence-corrected chi connectivity index (χ0v) is 16.3. The maximum atomic E-state index is 12.8. The molecule has 0 saturated heterocycles. The lowest BCUT2D eigenvalue weighted by molar-refractivity contribution is -0.211. The molecule has 0 saturated carbocycles. The highest BCUT2D eigenvalue weighted by Gasteiger charge is 2.59. The standard InChI is InChI=1S/C12H11Cl2F6N4O4P/c13-7-6-8(23-9(14)22-7)24(5-21-6)1-2-28-10(29(25,26)27,3-11(15,16)17)4-12(18,19)20/h5H,1-4H2,(H2,25,26,27). The smallest absolute Gasteiger partial charge is 0.360 e. The van der Waals surface area contributed by atoms with Crippen LogP contribution in [0.1, 0.15) is 12.8 Å². The van der Waals surface area contributed by atoms with E-state index in [0.29, 0.717) is 0 Å². The number of rotatable bonds is 7. The molecule has 0 fully saturated rings. The lowest BCUT2D eigenvalue weighted by atomic mass is 10.1. The van der Waals surface area contributed by atoms with Gasteiger partial charge in [0, 0.05) is 6.54 Å². The predicted molar refractivity (Wildman–Crippen MR) is 87.4 cm³/mol. The number of fused-ring (bicyclic) bond motifs is 1. The van der Waals surface area contributed by atoms with E-state index in [2.05, 4.69) is 19.7 Å². The number of nitrogens with zero attached hydrogens (tertiary/aromatic N) is 4. The number of imidazole rings is 1. The normalized spacial score (nSPS) is 14.0. The van der Waals surface area contributed by atoms with Gasteiger partial charge < -0.3 is 19.1 Å². The number of hydrogen-bond acceptors (Lipinski definition) is 5. The van der Waals surface area contributed by atoms with Crippen molar-refractivity contribution in [2.24, 2.45) is 0 Å². The first-order valence-electron chi connectivity index (χ1n) is 7.40. The summed E-state index contributed by atoms with van der Waals surface area (Å²) in [5.74, 6) is 0. The maximum absolute atomic E-state index is 12.8. The van der Waals surface area contributed by atoms with Crippen molar-refractivity contribution in [2.75, 3.05) is 6.61 Å². The van der Waals surface area contributed by atoms with Crippen LogP contribution in [-0.4, -0.2) is 53.6 Å². The predicted octanol–water partition coefficient (Wildman–Crippen LogP) is 3.93. The third kappa shape index (κ3) is 6.15. The average Bonchev–Trinajstić information content (AvgIpc) is 2.86. The largest absolute Gasteiger partial charge is 0.392 e. The molecule has 0 atom stereocenters. The molecule has 0 unspecified atom stereocenters. The van der Waals surface area contributed by atoms with Crippen molar-refractivity contribution in [1.82, 2.24) is 19.5 Å². The first-order chi connectivity index (χ1) is 13.0. The summed E-state index contributed by atoms with van der Waals surface area (Å²) in [5, 5.41) is -4.30. The Balaban J connectivity index is 2.31. The molecule has 164 valence electrons. The van der Waals surface area contributed by atoms with Gasteiger partial charge in [0.1, 0.15) is 5.52 Å². The molecule has 17 heteroatoms. The zero-order chi connectivity index (χ0) is 22.3. The van der Waals surface area contributed by atoms with E-state index < -0.39 is 51.3 Å². The highest BCUT2D eigenvalue weighted by molar-refractivity contribution is 7.53. The van der Waals surface area contributed by atoms with Crippen LogP contribution in [0.3, 0.4) is 0 Å². The number of halogens is 8. The molecule has 2 aromatic rings. The molecular formula is C12H11Cl2F6N4O4P. The summed E-state index contributed by atoms with van der Waals surface area (Å²) >= 11 is 11.4. The second-order valence-corrected chi connectivity index (χ2v) is 8.42. The summed E-state index contributed by atoms with van der Waals surface area (Å²) in [7, 11) is -6.02. The van der Waals surface area contributed by atoms with Crippen molar-refractivity contribution in [3.05, 3.63) is 16.8 Å². The van der Waals surface area contributed by atoms with Crippen LogP contribution >= 0.6 is 30.8 Å². The molecule has 0 aromatic carbocycles. The van der Waals surface area contributed by atoms with Gasteiger partial charge in [-0.05, 0) is 11.6 Å². The number of ether oxygens (including phenoxy) is 1. The number of aromatic nitrogens is 4. The molecule has 0 spiro atoms. The molecule has 0 radical (unpaired) electrons. The van der Waals surface area contributed by atoms with Crippen molar-refractivity contribution < 1.29 is 45.4 Å². The molecule has 0 aliphatic heterocycles. The Morgan fingerprint density at radius 3 is 2.10 bits per heavy atom. The van der Waals surface area contributed by atoms with Gasteiger partial charge in [0.15, 0.2) is 16.1 Å². The Labute approximate surface area is 168 Å². The number of alkyl halides is 6. The summed E-state index contributed by atoms with van der Waals surface area (Å²) in [6, 6.07) is 0. The lowest BCUT2D eigenvalue weighted by Gasteiger charge is -2.35. The van der Waals surface area contributed by atoms with E-state index in [0.717, 1.165) is 10.9 Å². The van der Waals surface area contributed by atoms with Gasteiger partial charge in [-0.15, -0.1) is 0 Å². The fourth-order valence-corrected chi connectivity index (χ4v) is 3.91. The van der Waals surface area contributed by atoms with E-state index in [1.165, 1.54) is 0 Å². The molecule has 8 nitrogen and oxygen atoms in total. The molecule has 29 heavy (non-hydrogen) atoms. The lowest BCUT2D eigenvalue weighted by Crippen LogP contribution is -2.42. The van der Waals surface area contributed by atoms with Gasteiger partial charge >= 0.3 is 19.9 Å². The Bertz CT molecular complexity index is 915. The van der Waals surface area contributed by atoms with Crippen molar-refractivity contribution >= 4 is 42.0 Å². The van der Waals surface area contributed by atoms with Gasteiger partial charge in [-0.1, -0.05) is 11.6 Å². The van der Waals surface area contributed by atoms with Crippen LogP contribution < -0.4 is 0 Å². The fourth-order valence-electron chi connectivity index (χ4n) is 2.46. The molecule has 2 N–H and O–H groups in total. The van der Waals surface area contributed by atoms with Crippen molar-refractivity contribution in [1.29, 1.82) is 0 Å². The molecule has 2 rings (SSSR count). The molecule has 0 aliphatic carbocycles.